The molecule has 1 amide bonds. The summed E-state index contributed by atoms with van der Waals surface area (Å²) in [7, 11) is -5.37. The zero-order chi connectivity index (χ0) is 20.2. The van der Waals surface area contributed by atoms with Crippen molar-refractivity contribution in [2.24, 2.45) is 0 Å². The van der Waals surface area contributed by atoms with Gasteiger partial charge in [-0.05, 0) is 49.4 Å². The standard InChI is InChI=1S/C17H21N3O5S2/c1-4-27(24,25)19-14-10-8-13(9-11-14)17(21)18-15-6-5-7-16(12-15)20(2)26(3,22)23/h5-12,19H,4H2,1-3H3,(H,18,21). The lowest BCUT2D eigenvalue weighted by Crippen LogP contribution is -2.24. The minimum Gasteiger partial charge on any atom is -0.322 e. The van der Waals surface area contributed by atoms with Crippen LogP contribution in [0.25, 0.3) is 0 Å². The quantitative estimate of drug-likeness (QED) is 0.724. The van der Waals surface area contributed by atoms with Crippen molar-refractivity contribution in [2.45, 2.75) is 6.92 Å². The molecular weight excluding hydrogens is 390 g/mol. The Labute approximate surface area is 159 Å². The molecule has 0 atom stereocenters. The van der Waals surface area contributed by atoms with Gasteiger partial charge in [-0.25, -0.2) is 16.8 Å². The van der Waals surface area contributed by atoms with Crippen molar-refractivity contribution in [1.29, 1.82) is 0 Å². The fourth-order valence-electron chi connectivity index (χ4n) is 2.12. The molecule has 0 bridgehead atoms. The van der Waals surface area contributed by atoms with Gasteiger partial charge >= 0.3 is 0 Å². The van der Waals surface area contributed by atoms with Gasteiger partial charge in [0, 0.05) is 24.0 Å². The van der Waals surface area contributed by atoms with E-state index < -0.39 is 26.0 Å². The van der Waals surface area contributed by atoms with E-state index in [1.54, 1.807) is 24.3 Å². The summed E-state index contributed by atoms with van der Waals surface area (Å²) in [5.41, 5.74) is 1.55. The summed E-state index contributed by atoms with van der Waals surface area (Å²) >= 11 is 0. The Hall–Kier alpha value is -2.59. The summed E-state index contributed by atoms with van der Waals surface area (Å²) in [6.07, 6.45) is 1.09. The van der Waals surface area contributed by atoms with Crippen LogP contribution in [0.15, 0.2) is 48.5 Å². The van der Waals surface area contributed by atoms with E-state index in [4.69, 9.17) is 0 Å². The number of benzene rings is 2. The van der Waals surface area contributed by atoms with Crippen LogP contribution in [0.5, 0.6) is 0 Å². The average molecular weight is 412 g/mol. The third-order valence-electron chi connectivity index (χ3n) is 3.77. The molecule has 0 aliphatic carbocycles. The van der Waals surface area contributed by atoms with Gasteiger partial charge in [-0.15, -0.1) is 0 Å². The first-order valence-electron chi connectivity index (χ1n) is 7.98. The topological polar surface area (TPSA) is 113 Å². The Balaban J connectivity index is 2.14. The Morgan fingerprint density at radius 1 is 1.00 bits per heavy atom. The number of carbonyl (C=O) groups excluding carboxylic acids is 1. The SMILES string of the molecule is CCS(=O)(=O)Nc1ccc(C(=O)Nc2cccc(N(C)S(C)(=O)=O)c2)cc1. The molecular formula is C17H21N3O5S2. The third-order valence-corrected chi connectivity index (χ3v) is 6.28. The van der Waals surface area contributed by atoms with Crippen LogP contribution in [0.1, 0.15) is 17.3 Å². The maximum absolute atomic E-state index is 12.4. The molecule has 0 saturated carbocycles. The van der Waals surface area contributed by atoms with Gasteiger partial charge in [0.15, 0.2) is 0 Å². The van der Waals surface area contributed by atoms with Crippen LogP contribution in [-0.4, -0.2) is 41.8 Å². The van der Waals surface area contributed by atoms with E-state index in [9.17, 15) is 21.6 Å². The van der Waals surface area contributed by atoms with E-state index in [0.29, 0.717) is 22.6 Å². The monoisotopic (exact) mass is 411 g/mol. The van der Waals surface area contributed by atoms with Gasteiger partial charge in [0.2, 0.25) is 20.0 Å². The van der Waals surface area contributed by atoms with Crippen LogP contribution < -0.4 is 14.3 Å². The molecule has 0 saturated heterocycles. The largest absolute Gasteiger partial charge is 0.322 e. The molecule has 0 spiro atoms. The highest BCUT2D eigenvalue weighted by Crippen LogP contribution is 2.21. The van der Waals surface area contributed by atoms with Gasteiger partial charge in [-0.1, -0.05) is 6.07 Å². The van der Waals surface area contributed by atoms with Crippen LogP contribution in [0.2, 0.25) is 0 Å². The number of hydrogen-bond acceptors (Lipinski definition) is 5. The number of anilines is 3. The molecule has 2 N–H and O–H groups in total. The summed E-state index contributed by atoms with van der Waals surface area (Å²) in [6, 6.07) is 12.4. The molecule has 2 aromatic carbocycles. The second-order valence-corrected chi connectivity index (χ2v) is 9.84. The van der Waals surface area contributed by atoms with Gasteiger partial charge in [-0.2, -0.15) is 0 Å². The lowest BCUT2D eigenvalue weighted by atomic mass is 10.2. The second-order valence-electron chi connectivity index (χ2n) is 5.82. The summed E-state index contributed by atoms with van der Waals surface area (Å²) in [5.74, 6) is -0.452. The van der Waals surface area contributed by atoms with Crippen molar-refractivity contribution in [3.63, 3.8) is 0 Å². The first kappa shape index (κ1) is 20.7. The van der Waals surface area contributed by atoms with Crippen molar-refractivity contribution >= 4 is 43.0 Å². The van der Waals surface area contributed by atoms with Gasteiger partial charge in [0.05, 0.1) is 17.7 Å². The van der Waals surface area contributed by atoms with E-state index in [2.05, 4.69) is 10.0 Å². The number of nitrogens with one attached hydrogen (secondary N) is 2. The molecule has 0 radical (unpaired) electrons. The van der Waals surface area contributed by atoms with E-state index in [1.165, 1.54) is 38.2 Å². The zero-order valence-corrected chi connectivity index (χ0v) is 16.8. The highest BCUT2D eigenvalue weighted by atomic mass is 32.2. The lowest BCUT2D eigenvalue weighted by molar-refractivity contribution is 0.102. The van der Waals surface area contributed by atoms with E-state index in [0.717, 1.165) is 10.6 Å². The van der Waals surface area contributed by atoms with E-state index in [1.807, 2.05) is 0 Å². The molecule has 10 heteroatoms. The molecule has 8 nitrogen and oxygen atoms in total. The van der Waals surface area contributed by atoms with Gasteiger partial charge < -0.3 is 5.32 Å². The predicted molar refractivity (Wildman–Crippen MR) is 107 cm³/mol. The minimum absolute atomic E-state index is 0.0481. The smallest absolute Gasteiger partial charge is 0.255 e. The van der Waals surface area contributed by atoms with E-state index >= 15 is 0 Å². The van der Waals surface area contributed by atoms with Gasteiger partial charge in [0.1, 0.15) is 0 Å². The highest BCUT2D eigenvalue weighted by Gasteiger charge is 2.13. The molecule has 27 heavy (non-hydrogen) atoms. The number of sulfonamides is 2. The molecule has 2 rings (SSSR count). The third kappa shape index (κ3) is 5.69. The molecule has 0 heterocycles. The zero-order valence-electron chi connectivity index (χ0n) is 15.1. The molecule has 0 unspecified atom stereocenters. The van der Waals surface area contributed by atoms with Crippen molar-refractivity contribution in [2.75, 3.05) is 33.4 Å². The number of hydrogen-bond donors (Lipinski definition) is 2. The molecule has 0 aliphatic rings. The highest BCUT2D eigenvalue weighted by molar-refractivity contribution is 7.92. The average Bonchev–Trinajstić information content (AvgIpc) is 2.60. The minimum atomic E-state index is -3.41. The van der Waals surface area contributed by atoms with Crippen molar-refractivity contribution in [3.8, 4) is 0 Å². The summed E-state index contributed by atoms with van der Waals surface area (Å²) in [4.78, 5) is 12.4. The van der Waals surface area contributed by atoms with Crippen molar-refractivity contribution in [3.05, 3.63) is 54.1 Å². The lowest BCUT2D eigenvalue weighted by Gasteiger charge is -2.17. The molecule has 0 fully saturated rings. The number of nitrogens with zero attached hydrogens (tertiary/aromatic N) is 1. The molecule has 2 aromatic rings. The van der Waals surface area contributed by atoms with Gasteiger partial charge in [0.25, 0.3) is 5.91 Å². The first-order valence-corrected chi connectivity index (χ1v) is 11.5. The van der Waals surface area contributed by atoms with Crippen LogP contribution in [0.3, 0.4) is 0 Å². The van der Waals surface area contributed by atoms with Crippen LogP contribution >= 0.6 is 0 Å². The van der Waals surface area contributed by atoms with Crippen LogP contribution in [0.4, 0.5) is 17.1 Å². The number of amides is 1. The Morgan fingerprint density at radius 3 is 2.19 bits per heavy atom. The Morgan fingerprint density at radius 2 is 1.63 bits per heavy atom. The van der Waals surface area contributed by atoms with Crippen LogP contribution in [0, 0.1) is 0 Å². The fraction of sp³-hybridized carbons (Fsp3) is 0.235. The second kappa shape index (κ2) is 7.97. The molecule has 146 valence electrons. The summed E-state index contributed by atoms with van der Waals surface area (Å²) in [5, 5.41) is 2.68. The normalized spacial score (nSPS) is 11.7. The van der Waals surface area contributed by atoms with Crippen LogP contribution in [-0.2, 0) is 20.0 Å². The maximum atomic E-state index is 12.4. The Kier molecular flexibility index (Phi) is 6.11. The first-order chi connectivity index (χ1) is 12.5. The maximum Gasteiger partial charge on any atom is 0.255 e. The van der Waals surface area contributed by atoms with Gasteiger partial charge in [-0.3, -0.25) is 13.8 Å². The molecule has 0 aromatic heterocycles. The summed E-state index contributed by atoms with van der Waals surface area (Å²) < 4.78 is 49.9. The van der Waals surface area contributed by atoms with E-state index in [-0.39, 0.29) is 5.75 Å². The predicted octanol–water partition coefficient (Wildman–Crippen LogP) is 2.10. The summed E-state index contributed by atoms with van der Waals surface area (Å²) in [6.45, 7) is 1.53. The molecule has 0 aliphatic heterocycles. The van der Waals surface area contributed by atoms with Crippen molar-refractivity contribution < 1.29 is 21.6 Å². The number of rotatable bonds is 7. The Bertz CT molecular complexity index is 1030. The van der Waals surface area contributed by atoms with Crippen molar-refractivity contribution in [1.82, 2.24) is 0 Å². The fourth-order valence-corrected chi connectivity index (χ4v) is 3.25. The number of carbonyl (C=O) groups is 1.